The molecule has 0 atom stereocenters. The van der Waals surface area contributed by atoms with Crippen LogP contribution in [0.25, 0.3) is 0 Å². The van der Waals surface area contributed by atoms with Crippen molar-refractivity contribution in [1.82, 2.24) is 0 Å². The fraction of sp³-hybridized carbons (Fsp3) is 0.278. The van der Waals surface area contributed by atoms with E-state index in [9.17, 15) is 4.79 Å². The van der Waals surface area contributed by atoms with Crippen LogP contribution in [0.2, 0.25) is 10.0 Å². The zero-order chi connectivity index (χ0) is 16.3. The summed E-state index contributed by atoms with van der Waals surface area (Å²) >= 11 is 12.2. The van der Waals surface area contributed by atoms with Crippen LogP contribution in [-0.4, -0.2) is 19.1 Å². The fourth-order valence-corrected chi connectivity index (χ4v) is 3.31. The molecule has 0 aromatic heterocycles. The molecule has 1 aliphatic heterocycles. The van der Waals surface area contributed by atoms with Gasteiger partial charge >= 0.3 is 0 Å². The number of benzene rings is 2. The van der Waals surface area contributed by atoms with E-state index in [0.29, 0.717) is 41.8 Å². The van der Waals surface area contributed by atoms with E-state index >= 15 is 0 Å². The van der Waals surface area contributed by atoms with Crippen LogP contribution in [0.1, 0.15) is 18.4 Å². The van der Waals surface area contributed by atoms with Crippen molar-refractivity contribution in [2.24, 2.45) is 0 Å². The third kappa shape index (κ3) is 3.23. The maximum absolute atomic E-state index is 13.1. The van der Waals surface area contributed by atoms with Gasteiger partial charge in [0.25, 0.3) is 0 Å². The van der Waals surface area contributed by atoms with Crippen LogP contribution in [0, 0.1) is 0 Å². The lowest BCUT2D eigenvalue weighted by atomic mass is 9.73. The summed E-state index contributed by atoms with van der Waals surface area (Å²) in [4.78, 5) is 13.1. The second kappa shape index (κ2) is 6.91. The Hall–Kier alpha value is -1.55. The summed E-state index contributed by atoms with van der Waals surface area (Å²) in [5, 5.41) is 3.73. The molecule has 1 saturated heterocycles. The van der Waals surface area contributed by atoms with Gasteiger partial charge in [-0.1, -0.05) is 59.6 Å². The minimum absolute atomic E-state index is 0.0730. The molecule has 23 heavy (non-hydrogen) atoms. The van der Waals surface area contributed by atoms with E-state index in [1.54, 1.807) is 18.2 Å². The number of amides is 1. The Morgan fingerprint density at radius 3 is 2.39 bits per heavy atom. The third-order valence-corrected chi connectivity index (χ3v) is 5.13. The highest BCUT2D eigenvalue weighted by molar-refractivity contribution is 6.44. The van der Waals surface area contributed by atoms with Gasteiger partial charge in [0.05, 0.1) is 21.1 Å². The predicted molar refractivity (Wildman–Crippen MR) is 93.3 cm³/mol. The molecule has 1 heterocycles. The molecule has 1 fully saturated rings. The second-order valence-corrected chi connectivity index (χ2v) is 6.40. The molecule has 0 spiro atoms. The summed E-state index contributed by atoms with van der Waals surface area (Å²) < 4.78 is 5.46. The molecule has 3 rings (SSSR count). The highest BCUT2D eigenvalue weighted by Crippen LogP contribution is 2.37. The van der Waals surface area contributed by atoms with E-state index in [1.165, 1.54) is 0 Å². The number of hydrogen-bond acceptors (Lipinski definition) is 2. The molecule has 5 heteroatoms. The molecule has 2 aromatic carbocycles. The van der Waals surface area contributed by atoms with Crippen molar-refractivity contribution in [3.63, 3.8) is 0 Å². The molecule has 0 aliphatic carbocycles. The smallest absolute Gasteiger partial charge is 0.235 e. The van der Waals surface area contributed by atoms with Gasteiger partial charge in [0.15, 0.2) is 0 Å². The molecule has 3 nitrogen and oxygen atoms in total. The van der Waals surface area contributed by atoms with Gasteiger partial charge in [0, 0.05) is 13.2 Å². The maximum atomic E-state index is 13.1. The molecule has 120 valence electrons. The zero-order valence-corrected chi connectivity index (χ0v) is 14.0. The van der Waals surface area contributed by atoms with Crippen molar-refractivity contribution in [3.05, 3.63) is 64.1 Å². The van der Waals surface area contributed by atoms with Crippen LogP contribution in [0.5, 0.6) is 0 Å². The van der Waals surface area contributed by atoms with Gasteiger partial charge < -0.3 is 10.1 Å². The lowest BCUT2D eigenvalue weighted by Gasteiger charge is -2.36. The van der Waals surface area contributed by atoms with Crippen molar-refractivity contribution in [2.75, 3.05) is 18.5 Å². The van der Waals surface area contributed by atoms with E-state index in [2.05, 4.69) is 5.32 Å². The Bertz CT molecular complexity index is 697. The Morgan fingerprint density at radius 2 is 1.70 bits per heavy atom. The van der Waals surface area contributed by atoms with Gasteiger partial charge in [0.1, 0.15) is 0 Å². The number of carbonyl (C=O) groups is 1. The van der Waals surface area contributed by atoms with Gasteiger partial charge in [-0.25, -0.2) is 0 Å². The molecular weight excluding hydrogens is 333 g/mol. The van der Waals surface area contributed by atoms with Crippen LogP contribution in [0.15, 0.2) is 48.5 Å². The molecule has 1 amide bonds. The quantitative estimate of drug-likeness (QED) is 0.873. The number of nitrogens with one attached hydrogen (secondary N) is 1. The molecule has 0 radical (unpaired) electrons. The molecular formula is C18H17Cl2NO2. The summed E-state index contributed by atoms with van der Waals surface area (Å²) in [5.41, 5.74) is 0.926. The van der Waals surface area contributed by atoms with Crippen molar-refractivity contribution < 1.29 is 9.53 Å². The number of halogens is 2. The second-order valence-electron chi connectivity index (χ2n) is 5.62. The summed E-state index contributed by atoms with van der Waals surface area (Å²) in [6.07, 6.45) is 1.28. The van der Waals surface area contributed by atoms with E-state index in [4.69, 9.17) is 27.9 Å². The molecule has 2 aromatic rings. The van der Waals surface area contributed by atoms with Gasteiger partial charge in [-0.15, -0.1) is 0 Å². The monoisotopic (exact) mass is 349 g/mol. The number of rotatable bonds is 3. The Morgan fingerprint density at radius 1 is 1.00 bits per heavy atom. The van der Waals surface area contributed by atoms with Crippen molar-refractivity contribution in [1.29, 1.82) is 0 Å². The highest BCUT2D eigenvalue weighted by Gasteiger charge is 2.41. The van der Waals surface area contributed by atoms with Crippen LogP contribution in [-0.2, 0) is 14.9 Å². The number of carbonyl (C=O) groups excluding carboxylic acids is 1. The first-order chi connectivity index (χ1) is 11.1. The summed E-state index contributed by atoms with van der Waals surface area (Å²) in [7, 11) is 0. The number of hydrogen-bond donors (Lipinski definition) is 1. The maximum Gasteiger partial charge on any atom is 0.235 e. The fourth-order valence-electron chi connectivity index (χ4n) is 2.97. The van der Waals surface area contributed by atoms with Gasteiger partial charge in [-0.05, 0) is 30.5 Å². The van der Waals surface area contributed by atoms with E-state index < -0.39 is 5.41 Å². The topological polar surface area (TPSA) is 38.3 Å². The molecule has 1 N–H and O–H groups in total. The Kier molecular flexibility index (Phi) is 4.90. The minimum Gasteiger partial charge on any atom is -0.381 e. The van der Waals surface area contributed by atoms with E-state index in [1.807, 2.05) is 30.3 Å². The van der Waals surface area contributed by atoms with Crippen LogP contribution < -0.4 is 5.32 Å². The van der Waals surface area contributed by atoms with E-state index in [-0.39, 0.29) is 5.91 Å². The normalized spacial score (nSPS) is 16.8. The minimum atomic E-state index is -0.606. The van der Waals surface area contributed by atoms with Crippen molar-refractivity contribution in [3.8, 4) is 0 Å². The first kappa shape index (κ1) is 16.3. The number of anilines is 1. The van der Waals surface area contributed by atoms with Crippen LogP contribution in [0.4, 0.5) is 5.69 Å². The standard InChI is InChI=1S/C18H17Cl2NO2/c19-14-7-4-8-15(16(14)20)21-17(22)18(9-11-23-12-10-18)13-5-2-1-3-6-13/h1-8H,9-12H2,(H,21,22). The highest BCUT2D eigenvalue weighted by atomic mass is 35.5. The van der Waals surface area contributed by atoms with E-state index in [0.717, 1.165) is 5.56 Å². The SMILES string of the molecule is O=C(Nc1cccc(Cl)c1Cl)C1(c2ccccc2)CCOCC1. The Labute approximate surface area is 145 Å². The average Bonchev–Trinajstić information content (AvgIpc) is 2.60. The lowest BCUT2D eigenvalue weighted by molar-refractivity contribution is -0.125. The zero-order valence-electron chi connectivity index (χ0n) is 12.5. The number of ether oxygens (including phenoxy) is 1. The van der Waals surface area contributed by atoms with Crippen molar-refractivity contribution in [2.45, 2.75) is 18.3 Å². The van der Waals surface area contributed by atoms with Crippen LogP contribution in [0.3, 0.4) is 0 Å². The van der Waals surface area contributed by atoms with Gasteiger partial charge in [-0.2, -0.15) is 0 Å². The molecule has 0 unspecified atom stereocenters. The summed E-state index contributed by atoms with van der Waals surface area (Å²) in [5.74, 6) is -0.0730. The predicted octanol–water partition coefficient (Wildman–Crippen LogP) is 4.68. The summed E-state index contributed by atoms with van der Waals surface area (Å²) in [6.45, 7) is 1.12. The first-order valence-corrected chi connectivity index (χ1v) is 8.28. The summed E-state index contributed by atoms with van der Waals surface area (Å²) in [6, 6.07) is 15.0. The largest absolute Gasteiger partial charge is 0.381 e. The Balaban J connectivity index is 1.94. The van der Waals surface area contributed by atoms with Gasteiger partial charge in [0.2, 0.25) is 5.91 Å². The molecule has 1 aliphatic rings. The molecule has 0 bridgehead atoms. The first-order valence-electron chi connectivity index (χ1n) is 7.52. The molecule has 0 saturated carbocycles. The van der Waals surface area contributed by atoms with Crippen molar-refractivity contribution >= 4 is 34.8 Å². The van der Waals surface area contributed by atoms with Gasteiger partial charge in [-0.3, -0.25) is 4.79 Å². The lowest BCUT2D eigenvalue weighted by Crippen LogP contribution is -2.44. The average molecular weight is 350 g/mol. The third-order valence-electron chi connectivity index (χ3n) is 4.31. The van der Waals surface area contributed by atoms with Crippen LogP contribution >= 0.6 is 23.2 Å².